The number of hydrogen-bond acceptors (Lipinski definition) is 4. The van der Waals surface area contributed by atoms with Gasteiger partial charge in [-0.05, 0) is 98.8 Å². The van der Waals surface area contributed by atoms with Crippen LogP contribution in [-0.2, 0) is 15.1 Å². The first-order chi connectivity index (χ1) is 31.2. The molecule has 0 aliphatic carbocycles. The molecule has 4 nitrogen and oxygen atoms in total. The van der Waals surface area contributed by atoms with Gasteiger partial charge in [-0.1, -0.05) is 243 Å². The third-order valence-corrected chi connectivity index (χ3v) is 20.4. The molecular formula is C52H48Cl3O4P4Rh. The Morgan fingerprint density at radius 3 is 0.453 bits per heavy atom. The Balaban J connectivity index is 0.000000207. The Labute approximate surface area is 401 Å². The van der Waals surface area contributed by atoms with Gasteiger partial charge in [0.15, 0.2) is 0 Å². The second-order valence-corrected chi connectivity index (χ2v) is 26.3. The Bertz CT molecular complexity index is 1900. The summed E-state index contributed by atoms with van der Waals surface area (Å²) in [6.45, 7) is 0. The average Bonchev–Trinajstić information content (AvgIpc) is 3.34. The summed E-state index contributed by atoms with van der Waals surface area (Å²) in [5.41, 5.74) is 0. The number of benzene rings is 8. The van der Waals surface area contributed by atoms with Crippen molar-refractivity contribution < 1.29 is 44.0 Å². The van der Waals surface area contributed by atoms with Gasteiger partial charge in [0.2, 0.25) is 0 Å². The summed E-state index contributed by atoms with van der Waals surface area (Å²) in [6, 6.07) is 88.4. The minimum Gasteiger partial charge on any atom is -0.222 e. The van der Waals surface area contributed by atoms with Crippen molar-refractivity contribution >= 4 is 93.5 Å². The molecule has 12 heteroatoms. The van der Waals surface area contributed by atoms with Crippen LogP contribution in [0.15, 0.2) is 243 Å². The molecular weight excluding hydrogens is 1020 g/mol. The normalized spacial score (nSPS) is 11.0. The summed E-state index contributed by atoms with van der Waals surface area (Å²) in [5.74, 6) is 0. The average molecular weight is 1070 g/mol. The van der Waals surface area contributed by atoms with Crippen molar-refractivity contribution in [1.29, 1.82) is 0 Å². The zero-order valence-corrected chi connectivity index (χ0v) is 42.3. The van der Waals surface area contributed by atoms with Crippen LogP contribution in [0.1, 0.15) is 0 Å². The summed E-state index contributed by atoms with van der Waals surface area (Å²) in [5, 5.41) is 11.8. The number of hydrogen-bond donors (Lipinski definition) is 0. The Morgan fingerprint density at radius 1 is 0.266 bits per heavy atom. The van der Waals surface area contributed by atoms with Gasteiger partial charge in [-0.2, -0.15) is 0 Å². The van der Waals surface area contributed by atoms with E-state index < -0.39 is 10.2 Å². The molecule has 8 aromatic rings. The molecule has 0 aromatic heterocycles. The van der Waals surface area contributed by atoms with Gasteiger partial charge < -0.3 is 0 Å². The van der Waals surface area contributed by atoms with Gasteiger partial charge in [0.25, 0.3) is 0 Å². The molecule has 0 bridgehead atoms. The quantitative estimate of drug-likeness (QED) is 0.0858. The van der Waals surface area contributed by atoms with Gasteiger partial charge in [0.1, 0.15) is 0 Å². The predicted octanol–water partition coefficient (Wildman–Crippen LogP) is 7.12. The molecule has 0 aliphatic heterocycles. The summed E-state index contributed by atoms with van der Waals surface area (Å²) >= 11 is -0.226. The van der Waals surface area contributed by atoms with E-state index in [1.807, 2.05) is 0 Å². The maximum atomic E-state index is 8.49. The van der Waals surface area contributed by atoms with Gasteiger partial charge in [-0.25, -0.2) is 18.6 Å². The smallest absolute Gasteiger partial charge is 0.0195 e. The van der Waals surface area contributed by atoms with E-state index >= 15 is 0 Å². The fourth-order valence-corrected chi connectivity index (χ4v) is 17.6. The van der Waals surface area contributed by atoms with Gasteiger partial charge in [-0.3, -0.25) is 0 Å². The van der Waals surface area contributed by atoms with Crippen molar-refractivity contribution in [3.05, 3.63) is 243 Å². The van der Waals surface area contributed by atoms with Gasteiger partial charge in [0, 0.05) is 0 Å². The Morgan fingerprint density at radius 2 is 0.359 bits per heavy atom. The molecule has 8 rings (SSSR count). The molecule has 0 amide bonds. The van der Waals surface area contributed by atoms with Gasteiger partial charge in [0.05, 0.1) is 0 Å². The predicted molar refractivity (Wildman–Crippen MR) is 267 cm³/mol. The first-order valence-corrected chi connectivity index (χ1v) is 31.8. The van der Waals surface area contributed by atoms with E-state index in [1.165, 1.54) is 67.1 Å². The molecule has 64 heavy (non-hydrogen) atoms. The first-order valence-electron chi connectivity index (χ1n) is 20.2. The molecule has 0 aliphatic rings. The maximum absolute atomic E-state index is 8.49. The fraction of sp³-hybridized carbons (Fsp3) is 0.0769. The van der Waals surface area contributed by atoms with Crippen LogP contribution in [0.5, 0.6) is 0 Å². The van der Waals surface area contributed by atoms with Crippen molar-refractivity contribution in [3.63, 3.8) is 0 Å². The molecule has 0 fully saturated rings. The molecule has 0 heterocycles. The van der Waals surface area contributed by atoms with Crippen molar-refractivity contribution in [3.8, 4) is 0 Å². The maximum Gasteiger partial charge on any atom is -0.0195 e. The second kappa shape index (κ2) is 29.5. The standard InChI is InChI=1S/2C26H24P2.ClHO4.2ClH.Rh/c2*1-5-13-23(14-6-1)27(24-15-7-2-8-16-24)21-22-28(25-17-9-3-10-18-25)26-19-11-4-12-20-26;2-1(3,4)5;;;/h2*1-20H,21-22H2;(H,2,3,4,5);2*1H;/q;;;;;+3/p-3. The van der Waals surface area contributed by atoms with Crippen LogP contribution in [0.4, 0.5) is 0 Å². The molecule has 330 valence electrons. The molecule has 0 N–H and O–H groups in total. The number of rotatable bonds is 14. The number of halogens is 3. The van der Waals surface area contributed by atoms with Crippen LogP contribution in [0.25, 0.3) is 0 Å². The van der Waals surface area contributed by atoms with E-state index in [9.17, 15) is 0 Å². The van der Waals surface area contributed by atoms with Crippen LogP contribution in [0.3, 0.4) is 0 Å². The third kappa shape index (κ3) is 18.6. The van der Waals surface area contributed by atoms with Crippen molar-refractivity contribution in [2.75, 3.05) is 24.6 Å². The van der Waals surface area contributed by atoms with E-state index in [0.717, 1.165) is 0 Å². The summed E-state index contributed by atoms with van der Waals surface area (Å²) < 4.78 is 34.0. The van der Waals surface area contributed by atoms with Crippen LogP contribution in [-0.4, -0.2) is 24.6 Å². The fourth-order valence-electron chi connectivity index (χ4n) is 6.89. The topological polar surface area (TPSA) is 92.2 Å². The SMILES string of the molecule is [Cl][Rh+][Cl].[O-][Cl+3]([O-])([O-])[O-].c1ccc(P(CCP(c2ccccc2)c2ccccc2)c2ccccc2)cc1.c1ccc(P(CCP(c2ccccc2)c2ccccc2)c2ccccc2)cc1. The zero-order chi connectivity index (χ0) is 45.2. The largest absolute Gasteiger partial charge is 0.222 e. The molecule has 0 radical (unpaired) electrons. The third-order valence-electron chi connectivity index (χ3n) is 9.64. The summed E-state index contributed by atoms with van der Waals surface area (Å²) in [4.78, 5) is 0. The van der Waals surface area contributed by atoms with E-state index in [2.05, 4.69) is 243 Å². The van der Waals surface area contributed by atoms with Crippen molar-refractivity contribution in [1.82, 2.24) is 0 Å². The molecule has 0 spiro atoms. The van der Waals surface area contributed by atoms with E-state index in [0.29, 0.717) is 0 Å². The van der Waals surface area contributed by atoms with E-state index in [4.69, 9.17) is 38.0 Å². The minimum absolute atomic E-state index is 0.226. The van der Waals surface area contributed by atoms with Crippen LogP contribution in [0.2, 0.25) is 0 Å². The second-order valence-electron chi connectivity index (χ2n) is 13.7. The van der Waals surface area contributed by atoms with Crippen LogP contribution >= 0.6 is 51.1 Å². The Kier molecular flexibility index (Phi) is 23.8. The molecule has 0 atom stereocenters. The van der Waals surface area contributed by atoms with E-state index in [1.54, 1.807) is 0 Å². The molecule has 8 aromatic carbocycles. The first kappa shape index (κ1) is 51.8. The van der Waals surface area contributed by atoms with Gasteiger partial charge >= 0.3 is 34.5 Å². The minimum atomic E-state index is -4.94. The molecule has 0 saturated carbocycles. The summed E-state index contributed by atoms with van der Waals surface area (Å²) in [6.07, 6.45) is 4.83. The summed E-state index contributed by atoms with van der Waals surface area (Å²) in [7, 11) is 3.33. The molecule has 0 saturated heterocycles. The van der Waals surface area contributed by atoms with Gasteiger partial charge in [-0.15, -0.1) is 10.2 Å². The molecule has 0 unspecified atom stereocenters. The van der Waals surface area contributed by atoms with Crippen molar-refractivity contribution in [2.24, 2.45) is 0 Å². The monoisotopic (exact) mass is 1070 g/mol. The van der Waals surface area contributed by atoms with Crippen LogP contribution in [0, 0.1) is 10.2 Å². The van der Waals surface area contributed by atoms with E-state index in [-0.39, 0.29) is 46.8 Å². The Hall–Kier alpha value is -3.19. The zero-order valence-electron chi connectivity index (χ0n) is 34.8. The van der Waals surface area contributed by atoms with Crippen LogP contribution < -0.4 is 61.1 Å². The van der Waals surface area contributed by atoms with Crippen molar-refractivity contribution in [2.45, 2.75) is 0 Å².